The normalized spacial score (nSPS) is 11.6. The Balaban J connectivity index is 3.51. The summed E-state index contributed by atoms with van der Waals surface area (Å²) in [4.78, 5) is 0. The van der Waals surface area contributed by atoms with Gasteiger partial charge in [0, 0.05) is 11.1 Å². The summed E-state index contributed by atoms with van der Waals surface area (Å²) in [5.41, 5.74) is 5.49. The Morgan fingerprint density at radius 2 is 2.07 bits per heavy atom. The standard InChI is InChI=1S/C10H13BrFNO2/c1-10(2,13)5-4-6(11)7(12)9(15-3)8(5)14/h4,14H,13H2,1-3H3. The van der Waals surface area contributed by atoms with E-state index in [0.29, 0.717) is 5.56 Å². The minimum absolute atomic E-state index is 0.196. The Labute approximate surface area is 96.2 Å². The first kappa shape index (κ1) is 12.3. The predicted molar refractivity (Wildman–Crippen MR) is 59.5 cm³/mol. The maximum Gasteiger partial charge on any atom is 0.198 e. The van der Waals surface area contributed by atoms with E-state index >= 15 is 0 Å². The molecule has 1 aromatic rings. The van der Waals surface area contributed by atoms with Crippen LogP contribution in [0.2, 0.25) is 0 Å². The molecule has 1 rings (SSSR count). The molecule has 0 bridgehead atoms. The number of hydrogen-bond acceptors (Lipinski definition) is 3. The Morgan fingerprint density at radius 1 is 1.53 bits per heavy atom. The van der Waals surface area contributed by atoms with Gasteiger partial charge in [-0.3, -0.25) is 0 Å². The van der Waals surface area contributed by atoms with Gasteiger partial charge in [-0.2, -0.15) is 0 Å². The van der Waals surface area contributed by atoms with Gasteiger partial charge in [0.15, 0.2) is 17.3 Å². The molecule has 0 atom stereocenters. The Kier molecular flexibility index (Phi) is 3.25. The van der Waals surface area contributed by atoms with Crippen molar-refractivity contribution in [3.8, 4) is 11.5 Å². The van der Waals surface area contributed by atoms with Crippen LogP contribution in [0.4, 0.5) is 4.39 Å². The third-order valence-corrected chi connectivity index (χ3v) is 2.63. The molecule has 1 aromatic carbocycles. The van der Waals surface area contributed by atoms with Gasteiger partial charge in [0.25, 0.3) is 0 Å². The zero-order valence-corrected chi connectivity index (χ0v) is 10.4. The number of phenolic OH excluding ortho intramolecular Hbond substituents is 1. The number of halogens is 2. The summed E-state index contributed by atoms with van der Waals surface area (Å²) < 4.78 is 18.5. The van der Waals surface area contributed by atoms with Crippen molar-refractivity contribution < 1.29 is 14.2 Å². The van der Waals surface area contributed by atoms with Gasteiger partial charge >= 0.3 is 0 Å². The fraction of sp³-hybridized carbons (Fsp3) is 0.400. The first-order chi connectivity index (χ1) is 6.79. The number of rotatable bonds is 2. The van der Waals surface area contributed by atoms with E-state index < -0.39 is 11.4 Å². The van der Waals surface area contributed by atoms with Gasteiger partial charge < -0.3 is 15.6 Å². The third-order valence-electron chi connectivity index (χ3n) is 2.05. The maximum absolute atomic E-state index is 13.5. The van der Waals surface area contributed by atoms with Gasteiger partial charge in [0.2, 0.25) is 0 Å². The van der Waals surface area contributed by atoms with Crippen molar-refractivity contribution in [2.45, 2.75) is 19.4 Å². The van der Waals surface area contributed by atoms with Crippen LogP contribution >= 0.6 is 15.9 Å². The van der Waals surface area contributed by atoms with E-state index in [-0.39, 0.29) is 16.0 Å². The molecule has 3 N–H and O–H groups in total. The number of nitrogens with two attached hydrogens (primary N) is 1. The van der Waals surface area contributed by atoms with E-state index in [0.717, 1.165) is 0 Å². The molecule has 0 amide bonds. The lowest BCUT2D eigenvalue weighted by molar-refractivity contribution is 0.341. The largest absolute Gasteiger partial charge is 0.504 e. The minimum Gasteiger partial charge on any atom is -0.504 e. The van der Waals surface area contributed by atoms with Crippen LogP contribution < -0.4 is 10.5 Å². The average Bonchev–Trinajstić information content (AvgIpc) is 2.10. The second-order valence-corrected chi connectivity index (χ2v) is 4.68. The number of phenols is 1. The van der Waals surface area contributed by atoms with Crippen LogP contribution in [0.5, 0.6) is 11.5 Å². The van der Waals surface area contributed by atoms with Crippen molar-refractivity contribution in [3.63, 3.8) is 0 Å². The van der Waals surface area contributed by atoms with Crippen molar-refractivity contribution in [2.75, 3.05) is 7.11 Å². The van der Waals surface area contributed by atoms with Crippen LogP contribution in [0.15, 0.2) is 10.5 Å². The lowest BCUT2D eigenvalue weighted by Gasteiger charge is -2.22. The van der Waals surface area contributed by atoms with E-state index in [1.807, 2.05) is 0 Å². The van der Waals surface area contributed by atoms with Crippen LogP contribution in [-0.4, -0.2) is 12.2 Å². The molecule has 0 radical (unpaired) electrons. The molecule has 3 nitrogen and oxygen atoms in total. The highest BCUT2D eigenvalue weighted by Gasteiger charge is 2.25. The van der Waals surface area contributed by atoms with E-state index in [1.165, 1.54) is 13.2 Å². The van der Waals surface area contributed by atoms with Crippen molar-refractivity contribution in [2.24, 2.45) is 5.73 Å². The SMILES string of the molecule is COc1c(O)c(C(C)(C)N)cc(Br)c1F. The van der Waals surface area contributed by atoms with Gasteiger partial charge in [-0.05, 0) is 35.8 Å². The first-order valence-electron chi connectivity index (χ1n) is 4.33. The zero-order chi connectivity index (χ0) is 11.8. The summed E-state index contributed by atoms with van der Waals surface area (Å²) in [5.74, 6) is -1.09. The summed E-state index contributed by atoms with van der Waals surface area (Å²) in [7, 11) is 1.29. The monoisotopic (exact) mass is 277 g/mol. The van der Waals surface area contributed by atoms with Gasteiger partial charge in [-0.25, -0.2) is 4.39 Å². The topological polar surface area (TPSA) is 55.5 Å². The molecule has 5 heteroatoms. The highest BCUT2D eigenvalue weighted by molar-refractivity contribution is 9.10. The molecule has 0 saturated carbocycles. The first-order valence-corrected chi connectivity index (χ1v) is 5.12. The summed E-state index contributed by atoms with van der Waals surface area (Å²) in [5, 5.41) is 9.76. The van der Waals surface area contributed by atoms with E-state index in [4.69, 9.17) is 10.5 Å². The molecular weight excluding hydrogens is 265 g/mol. The molecule has 84 valence electrons. The number of benzene rings is 1. The molecule has 0 aliphatic heterocycles. The lowest BCUT2D eigenvalue weighted by Crippen LogP contribution is -2.29. The Morgan fingerprint density at radius 3 is 2.47 bits per heavy atom. The minimum atomic E-state index is -0.770. The second-order valence-electron chi connectivity index (χ2n) is 3.82. The Hall–Kier alpha value is -0.810. The highest BCUT2D eigenvalue weighted by atomic mass is 79.9. The zero-order valence-electron chi connectivity index (χ0n) is 8.77. The fourth-order valence-corrected chi connectivity index (χ4v) is 1.68. The second kappa shape index (κ2) is 3.98. The quantitative estimate of drug-likeness (QED) is 0.873. The van der Waals surface area contributed by atoms with Crippen LogP contribution in [0, 0.1) is 5.82 Å². The van der Waals surface area contributed by atoms with Gasteiger partial charge in [-0.15, -0.1) is 0 Å². The molecule has 0 aliphatic carbocycles. The maximum atomic E-state index is 13.5. The van der Waals surface area contributed by atoms with Crippen molar-refractivity contribution in [3.05, 3.63) is 21.9 Å². The fourth-order valence-electron chi connectivity index (χ4n) is 1.27. The van der Waals surface area contributed by atoms with E-state index in [1.54, 1.807) is 13.8 Å². The highest BCUT2D eigenvalue weighted by Crippen LogP contribution is 2.40. The molecule has 0 unspecified atom stereocenters. The van der Waals surface area contributed by atoms with Crippen molar-refractivity contribution in [1.82, 2.24) is 0 Å². The number of hydrogen-bond donors (Lipinski definition) is 2. The number of methoxy groups -OCH3 is 1. The molecule has 0 fully saturated rings. The van der Waals surface area contributed by atoms with E-state index in [9.17, 15) is 9.50 Å². The smallest absolute Gasteiger partial charge is 0.198 e. The van der Waals surface area contributed by atoms with Crippen LogP contribution in [0.3, 0.4) is 0 Å². The van der Waals surface area contributed by atoms with Gasteiger partial charge in [0.05, 0.1) is 11.6 Å². The van der Waals surface area contributed by atoms with Crippen LogP contribution in [0.25, 0.3) is 0 Å². The lowest BCUT2D eigenvalue weighted by atomic mass is 9.94. The predicted octanol–water partition coefficient (Wildman–Crippen LogP) is 2.50. The molecule has 15 heavy (non-hydrogen) atoms. The third kappa shape index (κ3) is 2.23. The van der Waals surface area contributed by atoms with Crippen molar-refractivity contribution in [1.29, 1.82) is 0 Å². The number of aromatic hydroxyl groups is 1. The van der Waals surface area contributed by atoms with Gasteiger partial charge in [-0.1, -0.05) is 0 Å². The molecule has 0 saturated heterocycles. The van der Waals surface area contributed by atoms with Gasteiger partial charge in [0.1, 0.15) is 0 Å². The van der Waals surface area contributed by atoms with E-state index in [2.05, 4.69) is 15.9 Å². The molecule has 0 spiro atoms. The summed E-state index contributed by atoms with van der Waals surface area (Å²) in [6.07, 6.45) is 0. The van der Waals surface area contributed by atoms with Crippen LogP contribution in [0.1, 0.15) is 19.4 Å². The summed E-state index contributed by atoms with van der Waals surface area (Å²) in [6.45, 7) is 3.43. The average molecular weight is 278 g/mol. The molecule has 0 aliphatic rings. The molecule has 0 heterocycles. The van der Waals surface area contributed by atoms with Crippen LogP contribution in [-0.2, 0) is 5.54 Å². The summed E-state index contributed by atoms with van der Waals surface area (Å²) >= 11 is 3.04. The Bertz CT molecular complexity index is 388. The summed E-state index contributed by atoms with van der Waals surface area (Å²) in [6, 6.07) is 1.45. The molecular formula is C10H13BrFNO2. The van der Waals surface area contributed by atoms with Crippen molar-refractivity contribution >= 4 is 15.9 Å². The number of ether oxygens (including phenoxy) is 1. The molecule has 0 aromatic heterocycles.